The summed E-state index contributed by atoms with van der Waals surface area (Å²) in [7, 11) is 0. The summed E-state index contributed by atoms with van der Waals surface area (Å²) in [4.78, 5) is 40.5. The first kappa shape index (κ1) is 18.3. The fourth-order valence-corrected chi connectivity index (χ4v) is 3.72. The molecule has 1 fully saturated rings. The number of aromatic nitrogens is 1. The smallest absolute Gasteiger partial charge is 0.326 e. The first-order valence-electron chi connectivity index (χ1n) is 7.60. The Morgan fingerprint density at radius 3 is 2.77 bits per heavy atom. The molecule has 1 aliphatic heterocycles. The largest absolute Gasteiger partial charge is 0.454 e. The van der Waals surface area contributed by atoms with Gasteiger partial charge in [0.15, 0.2) is 11.7 Å². The molecule has 1 N–H and O–H groups in total. The molecule has 2 amide bonds. The van der Waals surface area contributed by atoms with Crippen molar-refractivity contribution in [1.82, 2.24) is 9.88 Å². The highest BCUT2D eigenvalue weighted by Gasteiger charge is 2.24. The summed E-state index contributed by atoms with van der Waals surface area (Å²) in [6.45, 7) is -0.124. The maximum absolute atomic E-state index is 12.9. The Morgan fingerprint density at radius 2 is 2.08 bits per heavy atom. The Morgan fingerprint density at radius 1 is 1.31 bits per heavy atom. The van der Waals surface area contributed by atoms with Crippen molar-refractivity contribution >= 4 is 45.3 Å². The maximum atomic E-state index is 12.9. The van der Waals surface area contributed by atoms with Crippen LogP contribution in [0.3, 0.4) is 0 Å². The van der Waals surface area contributed by atoms with Gasteiger partial charge in [-0.3, -0.25) is 19.7 Å². The lowest BCUT2D eigenvalue weighted by atomic mass is 10.2. The number of halogens is 1. The number of benzene rings is 1. The molecule has 0 saturated carbocycles. The molecule has 0 atom stereocenters. The fraction of sp³-hybridized carbons (Fsp3) is 0.250. The molecule has 1 aromatic carbocycles. The third-order valence-electron chi connectivity index (χ3n) is 3.42. The van der Waals surface area contributed by atoms with E-state index in [1.165, 1.54) is 28.4 Å². The lowest BCUT2D eigenvalue weighted by Crippen LogP contribution is -2.32. The van der Waals surface area contributed by atoms with Crippen LogP contribution in [0, 0.1) is 5.82 Å². The Balaban J connectivity index is 1.47. The monoisotopic (exact) mass is 395 g/mol. The number of ether oxygens (including phenoxy) is 1. The van der Waals surface area contributed by atoms with E-state index in [1.54, 1.807) is 17.5 Å². The second-order valence-corrected chi connectivity index (χ2v) is 7.19. The van der Waals surface area contributed by atoms with E-state index in [-0.39, 0.29) is 17.6 Å². The van der Waals surface area contributed by atoms with Crippen LogP contribution in [-0.2, 0) is 14.3 Å². The van der Waals surface area contributed by atoms with Gasteiger partial charge in [-0.05, 0) is 24.3 Å². The molecule has 0 bridgehead atoms. The van der Waals surface area contributed by atoms with Crippen LogP contribution in [0.15, 0.2) is 29.6 Å². The highest BCUT2D eigenvalue weighted by atomic mass is 32.2. The minimum Gasteiger partial charge on any atom is -0.454 e. The Kier molecular flexibility index (Phi) is 5.84. The fourth-order valence-electron chi connectivity index (χ4n) is 2.16. The molecule has 136 valence electrons. The minimum absolute atomic E-state index is 0.162. The van der Waals surface area contributed by atoms with Crippen molar-refractivity contribution in [2.75, 3.05) is 30.8 Å². The highest BCUT2D eigenvalue weighted by molar-refractivity contribution is 8.13. The lowest BCUT2D eigenvalue weighted by molar-refractivity contribution is -0.147. The second kappa shape index (κ2) is 8.28. The van der Waals surface area contributed by atoms with Gasteiger partial charge in [0.25, 0.3) is 11.1 Å². The number of hydrogen-bond acceptors (Lipinski definition) is 7. The van der Waals surface area contributed by atoms with Gasteiger partial charge in [0.2, 0.25) is 0 Å². The highest BCUT2D eigenvalue weighted by Crippen LogP contribution is 2.25. The first-order valence-corrected chi connectivity index (χ1v) is 9.46. The SMILES string of the molecule is O=C(COC(=O)CN1CCSC1=O)Nc1nc(-c2ccc(F)cc2)cs1. The second-order valence-electron chi connectivity index (χ2n) is 5.29. The van der Waals surface area contributed by atoms with Crippen molar-refractivity contribution in [3.63, 3.8) is 0 Å². The van der Waals surface area contributed by atoms with Crippen LogP contribution in [0.5, 0.6) is 0 Å². The third-order valence-corrected chi connectivity index (χ3v) is 5.07. The van der Waals surface area contributed by atoms with Gasteiger partial charge in [0, 0.05) is 23.2 Å². The molecule has 0 aliphatic carbocycles. The van der Waals surface area contributed by atoms with Crippen molar-refractivity contribution in [1.29, 1.82) is 0 Å². The number of nitrogens with one attached hydrogen (secondary N) is 1. The van der Waals surface area contributed by atoms with E-state index in [0.717, 1.165) is 17.3 Å². The van der Waals surface area contributed by atoms with Crippen LogP contribution in [0.4, 0.5) is 14.3 Å². The molecule has 3 rings (SSSR count). The summed E-state index contributed by atoms with van der Waals surface area (Å²) in [5.74, 6) is -0.858. The molecular formula is C16H14FN3O4S2. The molecule has 0 unspecified atom stereocenters. The Labute approximate surface area is 156 Å². The number of thiazole rings is 1. The van der Waals surface area contributed by atoms with E-state index >= 15 is 0 Å². The van der Waals surface area contributed by atoms with E-state index in [2.05, 4.69) is 10.3 Å². The van der Waals surface area contributed by atoms with Gasteiger partial charge in [-0.1, -0.05) is 11.8 Å². The summed E-state index contributed by atoms with van der Waals surface area (Å²) in [5, 5.41) is 4.44. The van der Waals surface area contributed by atoms with Gasteiger partial charge in [0.1, 0.15) is 12.4 Å². The van der Waals surface area contributed by atoms with Gasteiger partial charge in [-0.15, -0.1) is 11.3 Å². The number of esters is 1. The number of amides is 2. The molecule has 1 saturated heterocycles. The van der Waals surface area contributed by atoms with Crippen molar-refractivity contribution in [3.8, 4) is 11.3 Å². The number of rotatable bonds is 6. The zero-order chi connectivity index (χ0) is 18.5. The standard InChI is InChI=1S/C16H14FN3O4S2/c17-11-3-1-10(2-4-11)12-9-26-15(18-12)19-13(21)8-24-14(22)7-20-5-6-25-16(20)23/h1-4,9H,5-8H2,(H,18,19,21). The number of hydrogen-bond donors (Lipinski definition) is 1. The van der Waals surface area contributed by atoms with Gasteiger partial charge in [-0.25, -0.2) is 9.37 Å². The Hall–Kier alpha value is -2.46. The van der Waals surface area contributed by atoms with Gasteiger partial charge < -0.3 is 9.64 Å². The summed E-state index contributed by atoms with van der Waals surface area (Å²) in [6.07, 6.45) is 0. The summed E-state index contributed by atoms with van der Waals surface area (Å²) >= 11 is 2.35. The van der Waals surface area contributed by atoms with E-state index in [0.29, 0.717) is 23.1 Å². The Bertz CT molecular complexity index is 825. The van der Waals surface area contributed by atoms with Crippen molar-refractivity contribution in [3.05, 3.63) is 35.5 Å². The number of carbonyl (C=O) groups is 3. The molecule has 0 radical (unpaired) electrons. The number of nitrogens with zero attached hydrogens (tertiary/aromatic N) is 2. The van der Waals surface area contributed by atoms with E-state index in [4.69, 9.17) is 4.74 Å². The molecule has 10 heteroatoms. The molecule has 7 nitrogen and oxygen atoms in total. The summed E-state index contributed by atoms with van der Waals surface area (Å²) in [6, 6.07) is 5.84. The molecule has 0 spiro atoms. The zero-order valence-corrected chi connectivity index (χ0v) is 15.1. The minimum atomic E-state index is -0.637. The third kappa shape index (κ3) is 4.79. The maximum Gasteiger partial charge on any atom is 0.326 e. The lowest BCUT2D eigenvalue weighted by Gasteiger charge is -2.13. The van der Waals surface area contributed by atoms with Crippen molar-refractivity contribution < 1.29 is 23.5 Å². The quantitative estimate of drug-likeness (QED) is 0.757. The normalized spacial score (nSPS) is 13.7. The molecule has 2 heterocycles. The molecule has 26 heavy (non-hydrogen) atoms. The molecule has 2 aromatic rings. The predicted molar refractivity (Wildman–Crippen MR) is 96.5 cm³/mol. The van der Waals surface area contributed by atoms with Gasteiger partial charge in [0.05, 0.1) is 5.69 Å². The van der Waals surface area contributed by atoms with E-state index < -0.39 is 18.5 Å². The van der Waals surface area contributed by atoms with Gasteiger partial charge >= 0.3 is 5.97 Å². The van der Waals surface area contributed by atoms with Crippen LogP contribution in [-0.4, -0.2) is 52.4 Å². The van der Waals surface area contributed by atoms with Crippen molar-refractivity contribution in [2.45, 2.75) is 0 Å². The average molecular weight is 395 g/mol. The number of anilines is 1. The molecule has 1 aromatic heterocycles. The van der Waals surface area contributed by atoms with Crippen LogP contribution in [0.25, 0.3) is 11.3 Å². The summed E-state index contributed by atoms with van der Waals surface area (Å²) < 4.78 is 17.8. The number of carbonyl (C=O) groups excluding carboxylic acids is 3. The van der Waals surface area contributed by atoms with Crippen molar-refractivity contribution in [2.24, 2.45) is 0 Å². The van der Waals surface area contributed by atoms with E-state index in [9.17, 15) is 18.8 Å². The number of thioether (sulfide) groups is 1. The summed E-state index contributed by atoms with van der Waals surface area (Å²) in [5.41, 5.74) is 1.33. The van der Waals surface area contributed by atoms with Gasteiger partial charge in [-0.2, -0.15) is 0 Å². The molecule has 1 aliphatic rings. The molecular weight excluding hydrogens is 381 g/mol. The predicted octanol–water partition coefficient (Wildman–Crippen LogP) is 2.60. The van der Waals surface area contributed by atoms with E-state index in [1.807, 2.05) is 0 Å². The first-order chi connectivity index (χ1) is 12.5. The van der Waals surface area contributed by atoms with Crippen LogP contribution in [0.2, 0.25) is 0 Å². The van der Waals surface area contributed by atoms with Crippen LogP contribution >= 0.6 is 23.1 Å². The topological polar surface area (TPSA) is 88.6 Å². The van der Waals surface area contributed by atoms with Crippen LogP contribution in [0.1, 0.15) is 0 Å². The average Bonchev–Trinajstić information content (AvgIpc) is 3.23. The van der Waals surface area contributed by atoms with Crippen LogP contribution < -0.4 is 5.32 Å². The zero-order valence-electron chi connectivity index (χ0n) is 13.4.